The van der Waals surface area contributed by atoms with Gasteiger partial charge in [-0.15, -0.1) is 0 Å². The average molecular weight is 348 g/mol. The van der Waals surface area contributed by atoms with E-state index in [1.54, 1.807) is 23.4 Å². The number of furan rings is 1. The molecule has 0 aromatic carbocycles. The molecule has 0 spiro atoms. The summed E-state index contributed by atoms with van der Waals surface area (Å²) in [6, 6.07) is 5.35. The molecule has 0 bridgehead atoms. The number of hydrogen-bond donors (Lipinski definition) is 1. The monoisotopic (exact) mass is 348 g/mol. The Labute approximate surface area is 144 Å². The van der Waals surface area contributed by atoms with E-state index in [2.05, 4.69) is 10.4 Å². The Morgan fingerprint density at radius 3 is 3.08 bits per heavy atom. The molecular formula is C16H20N4O3S. The van der Waals surface area contributed by atoms with Crippen LogP contribution in [-0.4, -0.2) is 45.0 Å². The summed E-state index contributed by atoms with van der Waals surface area (Å²) in [7, 11) is 0. The summed E-state index contributed by atoms with van der Waals surface area (Å²) in [6.45, 7) is 1.41. The van der Waals surface area contributed by atoms with Crippen molar-refractivity contribution in [1.82, 2.24) is 20.0 Å². The summed E-state index contributed by atoms with van der Waals surface area (Å²) in [5.74, 6) is 1.17. The van der Waals surface area contributed by atoms with Crippen molar-refractivity contribution >= 4 is 23.6 Å². The lowest BCUT2D eigenvalue weighted by molar-refractivity contribution is -0.131. The zero-order valence-electron chi connectivity index (χ0n) is 13.5. The lowest BCUT2D eigenvalue weighted by Gasteiger charge is -2.33. The maximum atomic E-state index is 12.2. The van der Waals surface area contributed by atoms with Crippen LogP contribution in [0.15, 0.2) is 35.1 Å². The number of carbonyl (C=O) groups is 2. The second kappa shape index (κ2) is 7.57. The van der Waals surface area contributed by atoms with Gasteiger partial charge < -0.3 is 14.6 Å². The molecule has 7 nitrogen and oxygen atoms in total. The molecule has 1 aliphatic heterocycles. The molecule has 2 amide bonds. The molecule has 2 aromatic rings. The Morgan fingerprint density at radius 2 is 2.33 bits per heavy atom. The van der Waals surface area contributed by atoms with Crippen LogP contribution in [0.2, 0.25) is 0 Å². The van der Waals surface area contributed by atoms with E-state index in [1.165, 1.54) is 11.8 Å². The second-order valence-electron chi connectivity index (χ2n) is 5.69. The quantitative estimate of drug-likeness (QED) is 0.854. The van der Waals surface area contributed by atoms with Crippen LogP contribution >= 0.6 is 11.8 Å². The van der Waals surface area contributed by atoms with Gasteiger partial charge in [-0.1, -0.05) is 0 Å². The van der Waals surface area contributed by atoms with Gasteiger partial charge in [-0.05, 0) is 24.5 Å². The zero-order chi connectivity index (χ0) is 16.9. The van der Waals surface area contributed by atoms with Crippen LogP contribution < -0.4 is 5.32 Å². The molecule has 24 heavy (non-hydrogen) atoms. The SMILES string of the molecule is CSCC(=O)N1Cc2ccnn2[C@H](CC(=O)NCc2ccco2)C1. The van der Waals surface area contributed by atoms with Crippen LogP contribution in [0.3, 0.4) is 0 Å². The van der Waals surface area contributed by atoms with Gasteiger partial charge in [-0.25, -0.2) is 0 Å². The molecule has 3 heterocycles. The number of carbonyl (C=O) groups excluding carboxylic acids is 2. The summed E-state index contributed by atoms with van der Waals surface area (Å²) < 4.78 is 7.06. The van der Waals surface area contributed by atoms with E-state index in [9.17, 15) is 9.59 Å². The third-order valence-corrected chi connectivity index (χ3v) is 4.50. The Balaban J connectivity index is 1.63. The summed E-state index contributed by atoms with van der Waals surface area (Å²) >= 11 is 1.51. The Kier molecular flexibility index (Phi) is 5.24. The van der Waals surface area contributed by atoms with Crippen molar-refractivity contribution in [2.45, 2.75) is 25.6 Å². The van der Waals surface area contributed by atoms with Gasteiger partial charge in [0.25, 0.3) is 0 Å². The molecule has 8 heteroatoms. The van der Waals surface area contributed by atoms with Gasteiger partial charge in [-0.2, -0.15) is 16.9 Å². The molecule has 3 rings (SSSR count). The zero-order valence-corrected chi connectivity index (χ0v) is 14.3. The molecule has 0 aliphatic carbocycles. The number of thioether (sulfide) groups is 1. The minimum absolute atomic E-state index is 0.0861. The lowest BCUT2D eigenvalue weighted by Crippen LogP contribution is -2.43. The molecule has 2 aromatic heterocycles. The molecule has 0 fully saturated rings. The van der Waals surface area contributed by atoms with E-state index in [0.717, 1.165) is 5.69 Å². The maximum Gasteiger partial charge on any atom is 0.232 e. The van der Waals surface area contributed by atoms with E-state index in [4.69, 9.17) is 4.42 Å². The molecule has 1 atom stereocenters. The highest BCUT2D eigenvalue weighted by molar-refractivity contribution is 7.99. The number of aromatic nitrogens is 2. The van der Waals surface area contributed by atoms with Crippen LogP contribution in [0, 0.1) is 0 Å². The van der Waals surface area contributed by atoms with Gasteiger partial charge in [0, 0.05) is 12.7 Å². The van der Waals surface area contributed by atoms with Gasteiger partial charge in [0.1, 0.15) is 5.76 Å². The van der Waals surface area contributed by atoms with Gasteiger partial charge >= 0.3 is 0 Å². The lowest BCUT2D eigenvalue weighted by atomic mass is 10.1. The Morgan fingerprint density at radius 1 is 1.46 bits per heavy atom. The van der Waals surface area contributed by atoms with Crippen molar-refractivity contribution in [2.75, 3.05) is 18.6 Å². The van der Waals surface area contributed by atoms with Crippen molar-refractivity contribution in [3.05, 3.63) is 42.1 Å². The summed E-state index contributed by atoms with van der Waals surface area (Å²) in [4.78, 5) is 26.2. The summed E-state index contributed by atoms with van der Waals surface area (Å²) in [5, 5.41) is 7.16. The highest BCUT2D eigenvalue weighted by atomic mass is 32.2. The number of hydrogen-bond acceptors (Lipinski definition) is 5. The fraction of sp³-hybridized carbons (Fsp3) is 0.438. The first-order valence-electron chi connectivity index (χ1n) is 7.75. The standard InChI is InChI=1S/C16H20N4O3S/c1-24-11-16(22)19-9-12-4-5-18-20(12)13(10-19)7-15(21)17-8-14-3-2-6-23-14/h2-6,13H,7-11H2,1H3,(H,17,21)/t13-/m1/s1. The van der Waals surface area contributed by atoms with Gasteiger partial charge in [0.15, 0.2) is 0 Å². The van der Waals surface area contributed by atoms with Gasteiger partial charge in [0.2, 0.25) is 11.8 Å². The number of rotatable bonds is 6. The fourth-order valence-corrected chi connectivity index (χ4v) is 3.26. The highest BCUT2D eigenvalue weighted by Gasteiger charge is 2.29. The van der Waals surface area contributed by atoms with Crippen molar-refractivity contribution in [1.29, 1.82) is 0 Å². The van der Waals surface area contributed by atoms with E-state index < -0.39 is 0 Å². The first-order chi connectivity index (χ1) is 11.7. The predicted molar refractivity (Wildman–Crippen MR) is 90.2 cm³/mol. The minimum Gasteiger partial charge on any atom is -0.467 e. The Hall–Kier alpha value is -2.22. The molecule has 0 radical (unpaired) electrons. The minimum atomic E-state index is -0.147. The summed E-state index contributed by atoms with van der Waals surface area (Å²) in [5.41, 5.74) is 0.958. The van der Waals surface area contributed by atoms with Crippen LogP contribution in [0.1, 0.15) is 23.9 Å². The molecule has 128 valence electrons. The van der Waals surface area contributed by atoms with Crippen molar-refractivity contribution in [3.8, 4) is 0 Å². The largest absolute Gasteiger partial charge is 0.467 e. The van der Waals surface area contributed by atoms with E-state index in [1.807, 2.05) is 23.1 Å². The number of amides is 2. The highest BCUT2D eigenvalue weighted by Crippen LogP contribution is 2.23. The molecule has 0 saturated heterocycles. The molecule has 0 saturated carbocycles. The third kappa shape index (κ3) is 3.81. The molecule has 1 aliphatic rings. The van der Waals surface area contributed by atoms with Crippen LogP contribution in [0.25, 0.3) is 0 Å². The Bertz CT molecular complexity index is 698. The van der Waals surface area contributed by atoms with Crippen molar-refractivity contribution in [3.63, 3.8) is 0 Å². The maximum absolute atomic E-state index is 12.2. The predicted octanol–water partition coefficient (Wildman–Crippen LogP) is 1.43. The topological polar surface area (TPSA) is 80.4 Å². The van der Waals surface area contributed by atoms with E-state index in [-0.39, 0.29) is 24.3 Å². The van der Waals surface area contributed by atoms with Crippen molar-refractivity contribution in [2.24, 2.45) is 0 Å². The fourth-order valence-electron chi connectivity index (χ4n) is 2.83. The third-order valence-electron chi connectivity index (χ3n) is 3.96. The van der Waals surface area contributed by atoms with E-state index in [0.29, 0.717) is 31.1 Å². The van der Waals surface area contributed by atoms with Gasteiger partial charge in [-0.3, -0.25) is 14.3 Å². The average Bonchev–Trinajstić information content (AvgIpc) is 3.24. The van der Waals surface area contributed by atoms with Crippen LogP contribution in [0.5, 0.6) is 0 Å². The summed E-state index contributed by atoms with van der Waals surface area (Å²) in [6.07, 6.45) is 5.48. The molecule has 0 unspecified atom stereocenters. The number of nitrogens with one attached hydrogen (secondary N) is 1. The normalized spacial score (nSPS) is 16.7. The van der Waals surface area contributed by atoms with Crippen LogP contribution in [0.4, 0.5) is 0 Å². The first-order valence-corrected chi connectivity index (χ1v) is 9.15. The first kappa shape index (κ1) is 16.6. The number of nitrogens with zero attached hydrogens (tertiary/aromatic N) is 3. The van der Waals surface area contributed by atoms with Crippen molar-refractivity contribution < 1.29 is 14.0 Å². The smallest absolute Gasteiger partial charge is 0.232 e. The molecular weight excluding hydrogens is 328 g/mol. The van der Waals surface area contributed by atoms with Crippen LogP contribution in [-0.2, 0) is 22.7 Å². The van der Waals surface area contributed by atoms with Gasteiger partial charge in [0.05, 0.1) is 43.3 Å². The second-order valence-corrected chi connectivity index (χ2v) is 6.55. The molecule has 1 N–H and O–H groups in total. The van der Waals surface area contributed by atoms with E-state index >= 15 is 0 Å². The number of fused-ring (bicyclic) bond motifs is 1.